The molecule has 3 rings (SSSR count). The maximum absolute atomic E-state index is 5.94. The van der Waals surface area contributed by atoms with Crippen LogP contribution in [0, 0.1) is 0 Å². The molecule has 1 aromatic heterocycles. The van der Waals surface area contributed by atoms with Crippen molar-refractivity contribution in [3.63, 3.8) is 0 Å². The smallest absolute Gasteiger partial charge is 0.0857 e. The average Bonchev–Trinajstić information content (AvgIpc) is 2.47. The molecule has 5 heteroatoms. The van der Waals surface area contributed by atoms with Crippen molar-refractivity contribution in [1.29, 1.82) is 0 Å². The van der Waals surface area contributed by atoms with Gasteiger partial charge in [0.2, 0.25) is 0 Å². The Balaban J connectivity index is 1.96. The molecule has 2 heterocycles. The molecule has 1 saturated heterocycles. The summed E-state index contributed by atoms with van der Waals surface area (Å²) < 4.78 is 0. The Morgan fingerprint density at radius 3 is 2.74 bits per heavy atom. The van der Waals surface area contributed by atoms with Crippen LogP contribution in [0.4, 0.5) is 5.69 Å². The summed E-state index contributed by atoms with van der Waals surface area (Å²) in [6.07, 6.45) is 1.79. The number of nitrogens with zero attached hydrogens (tertiary/aromatic N) is 4. The number of likely N-dealkylation sites (N-methyl/N-ethyl adjacent to an activating group) is 1. The molecule has 0 unspecified atom stereocenters. The van der Waals surface area contributed by atoms with Gasteiger partial charge in [0.25, 0.3) is 0 Å². The highest BCUT2D eigenvalue weighted by Gasteiger charge is 2.15. The second-order valence-electron chi connectivity index (χ2n) is 4.99. The summed E-state index contributed by atoms with van der Waals surface area (Å²) in [6.45, 7) is 4.34. The van der Waals surface area contributed by atoms with E-state index in [4.69, 9.17) is 11.6 Å². The lowest BCUT2D eigenvalue weighted by atomic mass is 10.1. The van der Waals surface area contributed by atoms with Gasteiger partial charge >= 0.3 is 0 Å². The van der Waals surface area contributed by atoms with Gasteiger partial charge in [-0.05, 0) is 19.2 Å². The first-order chi connectivity index (χ1) is 9.28. The Morgan fingerprint density at radius 1 is 1.21 bits per heavy atom. The molecule has 1 aromatic carbocycles. The van der Waals surface area contributed by atoms with E-state index >= 15 is 0 Å². The fraction of sp³-hybridized carbons (Fsp3) is 0.429. The number of piperazine rings is 1. The number of alkyl halides is 1. The van der Waals surface area contributed by atoms with E-state index in [1.165, 1.54) is 5.69 Å². The van der Waals surface area contributed by atoms with Gasteiger partial charge in [-0.3, -0.25) is 0 Å². The zero-order valence-electron chi connectivity index (χ0n) is 11.0. The van der Waals surface area contributed by atoms with E-state index in [9.17, 15) is 0 Å². The molecule has 2 aromatic rings. The van der Waals surface area contributed by atoms with Crippen molar-refractivity contribution in [3.05, 3.63) is 30.1 Å². The molecule has 0 spiro atoms. The minimum Gasteiger partial charge on any atom is -0.369 e. The van der Waals surface area contributed by atoms with Crippen LogP contribution in [0.2, 0.25) is 0 Å². The highest BCUT2D eigenvalue weighted by Crippen LogP contribution is 2.24. The van der Waals surface area contributed by atoms with Gasteiger partial charge < -0.3 is 9.80 Å². The summed E-state index contributed by atoms with van der Waals surface area (Å²) in [4.78, 5) is 4.77. The van der Waals surface area contributed by atoms with Gasteiger partial charge in [-0.25, -0.2) is 0 Å². The van der Waals surface area contributed by atoms with Crippen molar-refractivity contribution in [2.45, 2.75) is 5.88 Å². The first-order valence-electron chi connectivity index (χ1n) is 6.52. The van der Waals surface area contributed by atoms with Crippen molar-refractivity contribution in [1.82, 2.24) is 15.1 Å². The lowest BCUT2D eigenvalue weighted by Gasteiger charge is -2.34. The molecule has 19 heavy (non-hydrogen) atoms. The zero-order chi connectivity index (χ0) is 13.2. The summed E-state index contributed by atoms with van der Waals surface area (Å²) in [5.74, 6) is 0.399. The second-order valence-corrected chi connectivity index (χ2v) is 5.25. The summed E-state index contributed by atoms with van der Waals surface area (Å²) in [6, 6.07) is 6.45. The predicted octanol–water partition coefficient (Wildman–Crippen LogP) is 2.12. The molecule has 0 aliphatic carbocycles. The molecular formula is C14H17ClN4. The number of hydrogen-bond donors (Lipinski definition) is 0. The van der Waals surface area contributed by atoms with E-state index in [1.54, 1.807) is 6.20 Å². The molecule has 0 saturated carbocycles. The maximum atomic E-state index is 5.94. The van der Waals surface area contributed by atoms with Gasteiger partial charge in [0.1, 0.15) is 0 Å². The van der Waals surface area contributed by atoms with Crippen LogP contribution in [0.1, 0.15) is 5.69 Å². The Bertz CT molecular complexity index is 579. The lowest BCUT2D eigenvalue weighted by Crippen LogP contribution is -2.44. The molecule has 0 atom stereocenters. The van der Waals surface area contributed by atoms with E-state index in [2.05, 4.69) is 45.2 Å². The van der Waals surface area contributed by atoms with Gasteiger partial charge in [0.15, 0.2) is 0 Å². The fourth-order valence-electron chi connectivity index (χ4n) is 2.48. The quantitative estimate of drug-likeness (QED) is 0.787. The number of benzene rings is 1. The number of fused-ring (bicyclic) bond motifs is 1. The molecule has 4 nitrogen and oxygen atoms in total. The number of rotatable bonds is 2. The number of halogens is 1. The van der Waals surface area contributed by atoms with Crippen LogP contribution in [0.15, 0.2) is 24.4 Å². The third-order valence-electron chi connectivity index (χ3n) is 3.72. The van der Waals surface area contributed by atoms with E-state index in [1.807, 2.05) is 0 Å². The minimum absolute atomic E-state index is 0.399. The number of hydrogen-bond acceptors (Lipinski definition) is 4. The Morgan fingerprint density at radius 2 is 2.00 bits per heavy atom. The van der Waals surface area contributed by atoms with Crippen LogP contribution in [0.5, 0.6) is 0 Å². The summed E-state index contributed by atoms with van der Waals surface area (Å²) >= 11 is 5.94. The molecule has 1 aliphatic heterocycles. The first-order valence-corrected chi connectivity index (χ1v) is 7.05. The van der Waals surface area contributed by atoms with Crippen molar-refractivity contribution in [2.75, 3.05) is 38.1 Å². The van der Waals surface area contributed by atoms with Crippen molar-refractivity contribution in [3.8, 4) is 0 Å². The second kappa shape index (κ2) is 5.31. The Hall–Kier alpha value is -1.39. The largest absolute Gasteiger partial charge is 0.369 e. The lowest BCUT2D eigenvalue weighted by molar-refractivity contribution is 0.313. The van der Waals surface area contributed by atoms with Crippen molar-refractivity contribution < 1.29 is 0 Å². The number of aromatic nitrogens is 2. The number of anilines is 1. The van der Waals surface area contributed by atoms with Crippen LogP contribution in [0.3, 0.4) is 0 Å². The fourth-order valence-corrected chi connectivity index (χ4v) is 2.68. The third kappa shape index (κ3) is 2.51. The maximum Gasteiger partial charge on any atom is 0.0857 e. The highest BCUT2D eigenvalue weighted by atomic mass is 35.5. The predicted molar refractivity (Wildman–Crippen MR) is 78.8 cm³/mol. The van der Waals surface area contributed by atoms with Crippen LogP contribution < -0.4 is 4.90 Å². The van der Waals surface area contributed by atoms with Crippen LogP contribution >= 0.6 is 11.6 Å². The van der Waals surface area contributed by atoms with Gasteiger partial charge in [-0.2, -0.15) is 10.2 Å². The van der Waals surface area contributed by atoms with E-state index in [-0.39, 0.29) is 0 Å². The summed E-state index contributed by atoms with van der Waals surface area (Å²) in [7, 11) is 2.17. The molecule has 1 aliphatic rings. The van der Waals surface area contributed by atoms with Crippen LogP contribution in [-0.4, -0.2) is 48.3 Å². The average molecular weight is 277 g/mol. The van der Waals surface area contributed by atoms with Gasteiger partial charge in [-0.15, -0.1) is 11.6 Å². The summed E-state index contributed by atoms with van der Waals surface area (Å²) in [5, 5.41) is 10.3. The first kappa shape index (κ1) is 12.6. The topological polar surface area (TPSA) is 32.3 Å². The normalized spacial score (nSPS) is 17.1. The molecule has 1 fully saturated rings. The summed E-state index contributed by atoms with van der Waals surface area (Å²) in [5.41, 5.74) is 2.11. The molecular weight excluding hydrogens is 260 g/mol. The van der Waals surface area contributed by atoms with E-state index < -0.39 is 0 Å². The standard InChI is InChI=1S/C14H17ClN4/c1-18-4-6-19(7-5-18)12-3-2-11-10-16-17-14(9-15)13(11)8-12/h2-3,8,10H,4-7,9H2,1H3. The van der Waals surface area contributed by atoms with Crippen molar-refractivity contribution >= 4 is 28.1 Å². The minimum atomic E-state index is 0.399. The molecule has 100 valence electrons. The molecule has 0 radical (unpaired) electrons. The van der Waals surface area contributed by atoms with E-state index in [0.717, 1.165) is 42.6 Å². The van der Waals surface area contributed by atoms with E-state index in [0.29, 0.717) is 5.88 Å². The Kier molecular flexibility index (Phi) is 3.53. The SMILES string of the molecule is CN1CCN(c2ccc3cnnc(CCl)c3c2)CC1. The molecule has 0 amide bonds. The van der Waals surface area contributed by atoms with Crippen LogP contribution in [0.25, 0.3) is 10.8 Å². The Labute approximate surface area is 118 Å². The van der Waals surface area contributed by atoms with Crippen LogP contribution in [-0.2, 0) is 5.88 Å². The monoisotopic (exact) mass is 276 g/mol. The molecule has 0 N–H and O–H groups in total. The molecule has 0 bridgehead atoms. The van der Waals surface area contributed by atoms with Gasteiger partial charge in [0, 0.05) is 42.6 Å². The highest BCUT2D eigenvalue weighted by molar-refractivity contribution is 6.17. The zero-order valence-corrected chi connectivity index (χ0v) is 11.8. The van der Waals surface area contributed by atoms with Gasteiger partial charge in [-0.1, -0.05) is 6.07 Å². The third-order valence-corrected chi connectivity index (χ3v) is 3.97. The van der Waals surface area contributed by atoms with Crippen molar-refractivity contribution in [2.24, 2.45) is 0 Å². The van der Waals surface area contributed by atoms with Gasteiger partial charge in [0.05, 0.1) is 17.8 Å².